The van der Waals surface area contributed by atoms with Gasteiger partial charge in [0.2, 0.25) is 0 Å². The summed E-state index contributed by atoms with van der Waals surface area (Å²) in [5.41, 5.74) is 1.12. The summed E-state index contributed by atoms with van der Waals surface area (Å²) in [6.07, 6.45) is 0.965. The van der Waals surface area contributed by atoms with Crippen LogP contribution >= 0.6 is 0 Å². The SMILES string of the molecule is COc1ccc(CO[C@@H](CCO[Si](c2ccccc2)(c2ccccc2)C(C)(C)C)[C@H]2CO2)cc1. The van der Waals surface area contributed by atoms with Crippen LogP contribution in [0.25, 0.3) is 0 Å². The summed E-state index contributed by atoms with van der Waals surface area (Å²) in [5.74, 6) is 0.851. The smallest absolute Gasteiger partial charge is 0.261 e. The summed E-state index contributed by atoms with van der Waals surface area (Å²) in [6.45, 7) is 8.85. The molecule has 2 atom stereocenters. The Balaban J connectivity index is 1.50. The molecule has 1 fully saturated rings. The molecule has 4 rings (SSSR count). The first-order valence-electron chi connectivity index (χ1n) is 12.1. The van der Waals surface area contributed by atoms with Gasteiger partial charge in [0.1, 0.15) is 11.9 Å². The standard InChI is InChI=1S/C29H36O4Si/c1-29(2,3)34(25-11-7-5-8-12-25,26-13-9-6-10-14-26)33-20-19-27(28-22-32-28)31-21-23-15-17-24(30-4)18-16-23/h5-18,27-28H,19-22H2,1-4H3/t27-,28+/m0/s1. The summed E-state index contributed by atoms with van der Waals surface area (Å²) in [6, 6.07) is 29.6. The predicted octanol–water partition coefficient (Wildman–Crippen LogP) is 4.95. The molecule has 0 unspecified atom stereocenters. The molecule has 0 amide bonds. The third kappa shape index (κ3) is 5.61. The maximum absolute atomic E-state index is 7.04. The van der Waals surface area contributed by atoms with Crippen LogP contribution in [0, 0.1) is 0 Å². The fourth-order valence-corrected chi connectivity index (χ4v) is 9.24. The second kappa shape index (κ2) is 10.9. The molecular weight excluding hydrogens is 440 g/mol. The van der Waals surface area contributed by atoms with Gasteiger partial charge in [0.25, 0.3) is 8.32 Å². The van der Waals surface area contributed by atoms with E-state index in [1.165, 1.54) is 10.4 Å². The van der Waals surface area contributed by atoms with Gasteiger partial charge in [-0.1, -0.05) is 93.6 Å². The predicted molar refractivity (Wildman–Crippen MR) is 140 cm³/mol. The van der Waals surface area contributed by atoms with E-state index < -0.39 is 8.32 Å². The van der Waals surface area contributed by atoms with Crippen LogP contribution in [0.5, 0.6) is 5.75 Å². The second-order valence-corrected chi connectivity index (χ2v) is 14.2. The monoisotopic (exact) mass is 476 g/mol. The van der Waals surface area contributed by atoms with Crippen molar-refractivity contribution >= 4 is 18.7 Å². The highest BCUT2D eigenvalue weighted by atomic mass is 28.4. The highest BCUT2D eigenvalue weighted by molar-refractivity contribution is 6.99. The maximum Gasteiger partial charge on any atom is 0.261 e. The van der Waals surface area contributed by atoms with Crippen molar-refractivity contribution in [2.75, 3.05) is 20.3 Å². The minimum Gasteiger partial charge on any atom is -0.497 e. The molecule has 0 radical (unpaired) electrons. The van der Waals surface area contributed by atoms with Crippen molar-refractivity contribution in [3.8, 4) is 5.75 Å². The molecule has 0 saturated carbocycles. The number of hydrogen-bond donors (Lipinski definition) is 0. The largest absolute Gasteiger partial charge is 0.497 e. The number of rotatable bonds is 11. The number of epoxide rings is 1. The molecule has 34 heavy (non-hydrogen) atoms. The Bertz CT molecular complexity index is 972. The molecule has 180 valence electrons. The molecule has 1 aliphatic heterocycles. The van der Waals surface area contributed by atoms with Crippen molar-refractivity contribution in [3.05, 3.63) is 90.5 Å². The molecule has 3 aromatic rings. The van der Waals surface area contributed by atoms with E-state index >= 15 is 0 Å². The van der Waals surface area contributed by atoms with Crippen LogP contribution in [0.2, 0.25) is 5.04 Å². The van der Waals surface area contributed by atoms with Crippen molar-refractivity contribution in [3.63, 3.8) is 0 Å². The van der Waals surface area contributed by atoms with Gasteiger partial charge in [-0.3, -0.25) is 0 Å². The molecule has 3 aromatic carbocycles. The van der Waals surface area contributed by atoms with Gasteiger partial charge in [0, 0.05) is 6.61 Å². The van der Waals surface area contributed by atoms with Crippen LogP contribution in [0.3, 0.4) is 0 Å². The average Bonchev–Trinajstić information content (AvgIpc) is 3.70. The van der Waals surface area contributed by atoms with E-state index in [0.717, 1.165) is 24.3 Å². The van der Waals surface area contributed by atoms with Crippen molar-refractivity contribution in [2.24, 2.45) is 0 Å². The third-order valence-electron chi connectivity index (χ3n) is 6.53. The minimum absolute atomic E-state index is 0.0142. The fraction of sp³-hybridized carbons (Fsp3) is 0.379. The molecule has 5 heteroatoms. The van der Waals surface area contributed by atoms with Crippen LogP contribution < -0.4 is 15.1 Å². The summed E-state index contributed by atoms with van der Waals surface area (Å²) in [7, 11) is -0.860. The lowest BCUT2D eigenvalue weighted by atomic mass is 10.2. The van der Waals surface area contributed by atoms with Gasteiger partial charge >= 0.3 is 0 Å². The molecule has 1 heterocycles. The first-order chi connectivity index (χ1) is 16.4. The summed E-state index contributed by atoms with van der Waals surface area (Å²) in [5, 5.41) is 2.56. The zero-order valence-corrected chi connectivity index (χ0v) is 21.7. The first kappa shape index (κ1) is 24.7. The number of ether oxygens (including phenoxy) is 3. The van der Waals surface area contributed by atoms with Gasteiger partial charge < -0.3 is 18.6 Å². The first-order valence-corrected chi connectivity index (χ1v) is 14.0. The average molecular weight is 477 g/mol. The Morgan fingerprint density at radius 1 is 0.882 bits per heavy atom. The van der Waals surface area contributed by atoms with Crippen molar-refractivity contribution in [1.29, 1.82) is 0 Å². The van der Waals surface area contributed by atoms with E-state index in [4.69, 9.17) is 18.6 Å². The molecular formula is C29H36O4Si. The zero-order valence-electron chi connectivity index (χ0n) is 20.7. The van der Waals surface area contributed by atoms with Crippen LogP contribution in [0.4, 0.5) is 0 Å². The quantitative estimate of drug-likeness (QED) is 0.290. The lowest BCUT2D eigenvalue weighted by Crippen LogP contribution is -2.66. The van der Waals surface area contributed by atoms with Gasteiger partial charge in [0.05, 0.1) is 26.4 Å². The molecule has 0 N–H and O–H groups in total. The van der Waals surface area contributed by atoms with Gasteiger partial charge in [-0.25, -0.2) is 0 Å². The summed E-state index contributed by atoms with van der Waals surface area (Å²) < 4.78 is 24.2. The summed E-state index contributed by atoms with van der Waals surface area (Å²) in [4.78, 5) is 0. The Morgan fingerprint density at radius 3 is 1.91 bits per heavy atom. The van der Waals surface area contributed by atoms with Crippen LogP contribution in [-0.4, -0.2) is 40.8 Å². The van der Waals surface area contributed by atoms with Gasteiger partial charge in [-0.15, -0.1) is 0 Å². The van der Waals surface area contributed by atoms with E-state index in [-0.39, 0.29) is 17.2 Å². The van der Waals surface area contributed by atoms with Crippen LogP contribution in [0.1, 0.15) is 32.8 Å². The van der Waals surface area contributed by atoms with Crippen LogP contribution in [0.15, 0.2) is 84.9 Å². The molecule has 0 bridgehead atoms. The third-order valence-corrected chi connectivity index (χ3v) is 11.6. The molecule has 0 aliphatic carbocycles. The Kier molecular flexibility index (Phi) is 7.89. The van der Waals surface area contributed by atoms with Gasteiger partial charge in [0.15, 0.2) is 0 Å². The fourth-order valence-electron chi connectivity index (χ4n) is 4.66. The van der Waals surface area contributed by atoms with E-state index in [2.05, 4.69) is 81.4 Å². The van der Waals surface area contributed by atoms with Crippen molar-refractivity contribution in [1.82, 2.24) is 0 Å². The highest BCUT2D eigenvalue weighted by Gasteiger charge is 2.50. The maximum atomic E-state index is 7.04. The molecule has 1 saturated heterocycles. The Hall–Kier alpha value is -2.44. The lowest BCUT2D eigenvalue weighted by Gasteiger charge is -2.43. The minimum atomic E-state index is -2.54. The molecule has 0 aromatic heterocycles. The number of hydrogen-bond acceptors (Lipinski definition) is 4. The lowest BCUT2D eigenvalue weighted by molar-refractivity contribution is 0.00804. The number of methoxy groups -OCH3 is 1. The van der Waals surface area contributed by atoms with Gasteiger partial charge in [-0.05, 0) is 39.5 Å². The van der Waals surface area contributed by atoms with E-state index in [0.29, 0.717) is 13.2 Å². The molecule has 0 spiro atoms. The molecule has 1 aliphatic rings. The number of benzene rings is 3. The topological polar surface area (TPSA) is 40.2 Å². The van der Waals surface area contributed by atoms with Crippen molar-refractivity contribution in [2.45, 2.75) is 51.0 Å². The molecule has 4 nitrogen and oxygen atoms in total. The van der Waals surface area contributed by atoms with Gasteiger partial charge in [-0.2, -0.15) is 0 Å². The Morgan fingerprint density at radius 2 is 1.44 bits per heavy atom. The second-order valence-electron chi connectivity index (χ2n) is 9.87. The van der Waals surface area contributed by atoms with E-state index in [9.17, 15) is 0 Å². The van der Waals surface area contributed by atoms with E-state index in [1.807, 2.05) is 24.3 Å². The van der Waals surface area contributed by atoms with E-state index in [1.54, 1.807) is 7.11 Å². The Labute approximate surface area is 205 Å². The van der Waals surface area contributed by atoms with Crippen LogP contribution in [-0.2, 0) is 20.5 Å². The normalized spacial score (nSPS) is 16.8. The van der Waals surface area contributed by atoms with Crippen molar-refractivity contribution < 1.29 is 18.6 Å². The highest BCUT2D eigenvalue weighted by Crippen LogP contribution is 2.37. The summed E-state index contributed by atoms with van der Waals surface area (Å²) >= 11 is 0. The zero-order chi connectivity index (χ0) is 24.0.